The van der Waals surface area contributed by atoms with Gasteiger partial charge in [-0.1, -0.05) is 18.2 Å². The SMILES string of the molecule is CCNC(=NCc1ccc(OCC(F)(F)F)nc1)NCCc1ccc(-n2cccn2)cc1. The number of aliphatic imine (C=N–C) groups is 1. The lowest BCUT2D eigenvalue weighted by Gasteiger charge is -2.12. The highest BCUT2D eigenvalue weighted by molar-refractivity contribution is 5.79. The average Bonchev–Trinajstić information content (AvgIpc) is 3.32. The number of guanidine groups is 1. The van der Waals surface area contributed by atoms with Crippen LogP contribution in [0.1, 0.15) is 18.1 Å². The van der Waals surface area contributed by atoms with Crippen molar-refractivity contribution in [2.24, 2.45) is 4.99 Å². The molecular formula is C22H25F3N6O. The van der Waals surface area contributed by atoms with Gasteiger partial charge >= 0.3 is 6.18 Å². The molecule has 2 N–H and O–H groups in total. The first kappa shape index (κ1) is 23.1. The maximum Gasteiger partial charge on any atom is 0.422 e. The van der Waals surface area contributed by atoms with Gasteiger partial charge < -0.3 is 15.4 Å². The smallest absolute Gasteiger partial charge is 0.422 e. The topological polar surface area (TPSA) is 76.4 Å². The Morgan fingerprint density at radius 3 is 2.50 bits per heavy atom. The quantitative estimate of drug-likeness (QED) is 0.389. The molecule has 7 nitrogen and oxygen atoms in total. The van der Waals surface area contributed by atoms with Crippen molar-refractivity contribution in [1.82, 2.24) is 25.4 Å². The highest BCUT2D eigenvalue weighted by Crippen LogP contribution is 2.17. The van der Waals surface area contributed by atoms with E-state index < -0.39 is 12.8 Å². The Kier molecular flexibility index (Phi) is 8.07. The average molecular weight is 446 g/mol. The van der Waals surface area contributed by atoms with E-state index in [4.69, 9.17) is 0 Å². The molecule has 0 atom stereocenters. The molecule has 0 bridgehead atoms. The van der Waals surface area contributed by atoms with Crippen LogP contribution in [0, 0.1) is 0 Å². The Hall–Kier alpha value is -3.56. The number of nitrogens with zero attached hydrogens (tertiary/aromatic N) is 4. The Bertz CT molecular complexity index is 970. The third-order valence-electron chi connectivity index (χ3n) is 4.36. The second-order valence-corrected chi connectivity index (χ2v) is 6.90. The Balaban J connectivity index is 1.48. The summed E-state index contributed by atoms with van der Waals surface area (Å²) in [6.07, 6.45) is 1.52. The fourth-order valence-electron chi connectivity index (χ4n) is 2.82. The Labute approximate surface area is 184 Å². The van der Waals surface area contributed by atoms with E-state index >= 15 is 0 Å². The van der Waals surface area contributed by atoms with Gasteiger partial charge in [-0.15, -0.1) is 0 Å². The molecule has 0 saturated carbocycles. The molecule has 0 fully saturated rings. The van der Waals surface area contributed by atoms with E-state index in [0.717, 1.165) is 17.7 Å². The van der Waals surface area contributed by atoms with E-state index in [1.165, 1.54) is 17.8 Å². The van der Waals surface area contributed by atoms with E-state index in [9.17, 15) is 13.2 Å². The number of pyridine rings is 1. The van der Waals surface area contributed by atoms with Crippen LogP contribution in [0.2, 0.25) is 0 Å². The van der Waals surface area contributed by atoms with Crippen molar-refractivity contribution < 1.29 is 17.9 Å². The van der Waals surface area contributed by atoms with Gasteiger partial charge in [0.05, 0.1) is 12.2 Å². The number of hydrogen-bond donors (Lipinski definition) is 2. The van der Waals surface area contributed by atoms with Gasteiger partial charge in [-0.2, -0.15) is 18.3 Å². The maximum atomic E-state index is 12.2. The molecule has 2 heterocycles. The molecule has 10 heteroatoms. The first-order valence-electron chi connectivity index (χ1n) is 10.2. The van der Waals surface area contributed by atoms with Gasteiger partial charge in [0.25, 0.3) is 0 Å². The summed E-state index contributed by atoms with van der Waals surface area (Å²) in [4.78, 5) is 8.39. The largest absolute Gasteiger partial charge is 0.468 e. The molecule has 2 aromatic heterocycles. The van der Waals surface area contributed by atoms with Crippen LogP contribution >= 0.6 is 0 Å². The summed E-state index contributed by atoms with van der Waals surface area (Å²) < 4.78 is 43.0. The first-order chi connectivity index (χ1) is 15.4. The van der Waals surface area contributed by atoms with Gasteiger partial charge in [0, 0.05) is 37.7 Å². The molecule has 3 rings (SSSR count). The van der Waals surface area contributed by atoms with Crippen molar-refractivity contribution in [3.8, 4) is 11.6 Å². The van der Waals surface area contributed by atoms with Gasteiger partial charge in [-0.05, 0) is 42.7 Å². The lowest BCUT2D eigenvalue weighted by Crippen LogP contribution is -2.38. The van der Waals surface area contributed by atoms with Crippen molar-refractivity contribution in [2.45, 2.75) is 26.1 Å². The van der Waals surface area contributed by atoms with Gasteiger partial charge in [-0.25, -0.2) is 14.7 Å². The minimum atomic E-state index is -4.39. The minimum Gasteiger partial charge on any atom is -0.468 e. The molecule has 0 aliphatic carbocycles. The molecule has 32 heavy (non-hydrogen) atoms. The summed E-state index contributed by atoms with van der Waals surface area (Å²) in [5, 5.41) is 10.7. The fraction of sp³-hybridized carbons (Fsp3) is 0.318. The Morgan fingerprint density at radius 1 is 1.09 bits per heavy atom. The third-order valence-corrected chi connectivity index (χ3v) is 4.36. The number of alkyl halides is 3. The monoisotopic (exact) mass is 446 g/mol. The molecule has 0 saturated heterocycles. The zero-order chi connectivity index (χ0) is 22.8. The maximum absolute atomic E-state index is 12.2. The van der Waals surface area contributed by atoms with Crippen LogP contribution in [0.4, 0.5) is 13.2 Å². The zero-order valence-corrected chi connectivity index (χ0v) is 17.6. The molecule has 0 radical (unpaired) electrons. The van der Waals surface area contributed by atoms with Crippen molar-refractivity contribution >= 4 is 5.96 Å². The van der Waals surface area contributed by atoms with E-state index in [1.54, 1.807) is 12.3 Å². The summed E-state index contributed by atoms with van der Waals surface area (Å²) >= 11 is 0. The number of hydrogen-bond acceptors (Lipinski definition) is 4. The lowest BCUT2D eigenvalue weighted by atomic mass is 10.1. The van der Waals surface area contributed by atoms with E-state index in [2.05, 4.69) is 42.6 Å². The summed E-state index contributed by atoms with van der Waals surface area (Å²) in [5.41, 5.74) is 2.95. The molecule has 1 aromatic carbocycles. The Morgan fingerprint density at radius 2 is 1.88 bits per heavy atom. The lowest BCUT2D eigenvalue weighted by molar-refractivity contribution is -0.154. The molecule has 170 valence electrons. The van der Waals surface area contributed by atoms with Crippen LogP contribution in [-0.2, 0) is 13.0 Å². The molecule has 0 amide bonds. The number of aromatic nitrogens is 3. The van der Waals surface area contributed by atoms with E-state index in [0.29, 0.717) is 25.6 Å². The van der Waals surface area contributed by atoms with Crippen LogP contribution in [0.3, 0.4) is 0 Å². The molecule has 3 aromatic rings. The van der Waals surface area contributed by atoms with Gasteiger partial charge in [0.15, 0.2) is 12.6 Å². The van der Waals surface area contributed by atoms with Crippen molar-refractivity contribution in [2.75, 3.05) is 19.7 Å². The van der Waals surface area contributed by atoms with Gasteiger partial charge in [0.1, 0.15) is 0 Å². The highest BCUT2D eigenvalue weighted by atomic mass is 19.4. The summed E-state index contributed by atoms with van der Waals surface area (Å²) in [5.74, 6) is 0.580. The number of ether oxygens (including phenoxy) is 1. The van der Waals surface area contributed by atoms with Crippen LogP contribution in [0.25, 0.3) is 5.69 Å². The minimum absolute atomic E-state index is 0.0707. The number of nitrogens with one attached hydrogen (secondary N) is 2. The van der Waals surface area contributed by atoms with Crippen LogP contribution in [0.5, 0.6) is 5.88 Å². The van der Waals surface area contributed by atoms with Crippen LogP contribution < -0.4 is 15.4 Å². The third kappa shape index (κ3) is 7.60. The van der Waals surface area contributed by atoms with Crippen LogP contribution in [0.15, 0.2) is 66.0 Å². The summed E-state index contributed by atoms with van der Waals surface area (Å²) in [7, 11) is 0. The fourth-order valence-corrected chi connectivity index (χ4v) is 2.82. The highest BCUT2D eigenvalue weighted by Gasteiger charge is 2.28. The predicted molar refractivity (Wildman–Crippen MR) is 116 cm³/mol. The molecular weight excluding hydrogens is 421 g/mol. The molecule has 0 spiro atoms. The van der Waals surface area contributed by atoms with Gasteiger partial charge in [0.2, 0.25) is 5.88 Å². The standard InChI is InChI=1S/C22H25F3N6O/c1-2-26-21(29-15-18-6-9-20(28-14-18)32-16-22(23,24)25)27-12-10-17-4-7-19(8-5-17)31-13-3-11-30-31/h3-9,11,13-14H,2,10,12,15-16H2,1H3,(H2,26,27,29). The summed E-state index contributed by atoms with van der Waals surface area (Å²) in [6.45, 7) is 2.33. The molecule has 0 unspecified atom stereocenters. The number of rotatable bonds is 9. The second kappa shape index (κ2) is 11.2. The first-order valence-corrected chi connectivity index (χ1v) is 10.2. The van der Waals surface area contributed by atoms with E-state index in [1.807, 2.05) is 36.0 Å². The normalized spacial score (nSPS) is 11.9. The number of halogens is 3. The van der Waals surface area contributed by atoms with Crippen LogP contribution in [-0.4, -0.2) is 46.6 Å². The number of benzene rings is 1. The van der Waals surface area contributed by atoms with E-state index in [-0.39, 0.29) is 5.88 Å². The van der Waals surface area contributed by atoms with Gasteiger partial charge in [-0.3, -0.25) is 0 Å². The predicted octanol–water partition coefficient (Wildman–Crippen LogP) is 3.51. The second-order valence-electron chi connectivity index (χ2n) is 6.90. The van der Waals surface area contributed by atoms with Crippen molar-refractivity contribution in [3.63, 3.8) is 0 Å². The zero-order valence-electron chi connectivity index (χ0n) is 17.6. The summed E-state index contributed by atoms with van der Waals surface area (Å²) in [6, 6.07) is 13.1. The molecule has 0 aliphatic rings. The molecule has 0 aliphatic heterocycles. The van der Waals surface area contributed by atoms with Crippen molar-refractivity contribution in [1.29, 1.82) is 0 Å². The van der Waals surface area contributed by atoms with Crippen molar-refractivity contribution in [3.05, 3.63) is 72.2 Å².